The molecular weight excluding hydrogens is 102 g/mol. The molecule has 0 aromatic rings. The van der Waals surface area contributed by atoms with Gasteiger partial charge >= 0.3 is 0 Å². The minimum Gasteiger partial charge on any atom is -0.151 e. The molecule has 0 radical (unpaired) electrons. The molecule has 2 nitrogen and oxygen atoms in total. The van der Waals surface area contributed by atoms with E-state index < -0.39 is 6.37 Å². The van der Waals surface area contributed by atoms with Crippen molar-refractivity contribution in [3.05, 3.63) is 4.91 Å². The van der Waals surface area contributed by atoms with Crippen LogP contribution in [0.3, 0.4) is 0 Å². The Morgan fingerprint density at radius 2 is 2.38 bits per heavy atom. The standard InChI is InChI=1S/C6H11NO/c8-7-6-4-2-1-3-5-6/h6H,1-5H2/i2D2. The summed E-state index contributed by atoms with van der Waals surface area (Å²) in [5.74, 6) is 0. The number of hydrogen-bond donors (Lipinski definition) is 0. The molecule has 0 saturated heterocycles. The Kier molecular flexibility index (Phi) is 1.26. The van der Waals surface area contributed by atoms with E-state index in [9.17, 15) is 4.91 Å². The van der Waals surface area contributed by atoms with Crippen LogP contribution in [0.25, 0.3) is 0 Å². The smallest absolute Gasteiger partial charge is 0.0919 e. The highest BCUT2D eigenvalue weighted by atomic mass is 16.3. The lowest BCUT2D eigenvalue weighted by Gasteiger charge is -2.13. The summed E-state index contributed by atoms with van der Waals surface area (Å²) in [6, 6.07) is -0.274. The van der Waals surface area contributed by atoms with Crippen molar-refractivity contribution < 1.29 is 2.74 Å². The Bertz CT molecular complexity index is 138. The summed E-state index contributed by atoms with van der Waals surface area (Å²) in [5, 5.41) is 2.85. The average molecular weight is 115 g/mol. The lowest BCUT2D eigenvalue weighted by atomic mass is 9.96. The third-order valence-electron chi connectivity index (χ3n) is 1.42. The topological polar surface area (TPSA) is 29.4 Å². The third kappa shape index (κ3) is 1.29. The largest absolute Gasteiger partial charge is 0.151 e. The minimum absolute atomic E-state index is 0.274. The summed E-state index contributed by atoms with van der Waals surface area (Å²) in [6.07, 6.45) is 1.32. The Morgan fingerprint density at radius 1 is 1.50 bits per heavy atom. The fourth-order valence-corrected chi connectivity index (χ4v) is 0.923. The molecule has 0 aromatic carbocycles. The minimum atomic E-state index is -1.14. The van der Waals surface area contributed by atoms with Crippen molar-refractivity contribution in [3.63, 3.8) is 0 Å². The predicted octanol–water partition coefficient (Wildman–Crippen LogP) is 2.09. The fraction of sp³-hybridized carbons (Fsp3) is 1.00. The van der Waals surface area contributed by atoms with E-state index in [0.717, 1.165) is 12.8 Å². The van der Waals surface area contributed by atoms with E-state index in [2.05, 4.69) is 5.18 Å². The van der Waals surface area contributed by atoms with Crippen LogP contribution in [0.4, 0.5) is 0 Å². The van der Waals surface area contributed by atoms with Gasteiger partial charge in [-0.15, -0.1) is 0 Å². The lowest BCUT2D eigenvalue weighted by Crippen LogP contribution is -2.07. The van der Waals surface area contributed by atoms with Gasteiger partial charge in [0.25, 0.3) is 0 Å². The van der Waals surface area contributed by atoms with E-state index in [1.807, 2.05) is 0 Å². The lowest BCUT2D eigenvalue weighted by molar-refractivity contribution is 0.441. The van der Waals surface area contributed by atoms with E-state index in [-0.39, 0.29) is 6.04 Å². The van der Waals surface area contributed by atoms with Crippen molar-refractivity contribution in [2.75, 3.05) is 0 Å². The van der Waals surface area contributed by atoms with Gasteiger partial charge in [-0.3, -0.25) is 0 Å². The highest BCUT2D eigenvalue weighted by molar-refractivity contribution is 4.69. The van der Waals surface area contributed by atoms with Gasteiger partial charge in [0, 0.05) is 2.74 Å². The first-order valence-corrected chi connectivity index (χ1v) is 2.96. The van der Waals surface area contributed by atoms with Crippen LogP contribution in [0.5, 0.6) is 0 Å². The molecule has 1 rings (SSSR count). The molecule has 1 fully saturated rings. The summed E-state index contributed by atoms with van der Waals surface area (Å²) >= 11 is 0. The number of nitroso groups, excluding NO2 is 1. The maximum Gasteiger partial charge on any atom is 0.0919 e. The summed E-state index contributed by atoms with van der Waals surface area (Å²) in [6.45, 7) is 0. The first kappa shape index (κ1) is 3.59. The molecule has 8 heavy (non-hydrogen) atoms. The number of nitrogens with zero attached hydrogens (tertiary/aromatic N) is 1. The Labute approximate surface area is 52.1 Å². The van der Waals surface area contributed by atoms with Gasteiger partial charge in [0.2, 0.25) is 0 Å². The molecule has 0 bridgehead atoms. The molecule has 1 aliphatic rings. The molecule has 0 N–H and O–H groups in total. The monoisotopic (exact) mass is 115 g/mol. The Morgan fingerprint density at radius 3 is 2.88 bits per heavy atom. The van der Waals surface area contributed by atoms with Crippen LogP contribution in [0.1, 0.15) is 34.8 Å². The van der Waals surface area contributed by atoms with Crippen LogP contribution in [0.15, 0.2) is 5.18 Å². The van der Waals surface area contributed by atoms with Crippen molar-refractivity contribution >= 4 is 0 Å². The zero-order chi connectivity index (χ0) is 7.61. The van der Waals surface area contributed by atoms with Gasteiger partial charge in [-0.05, 0) is 12.8 Å². The maximum absolute atomic E-state index is 10.0. The zero-order valence-electron chi connectivity index (χ0n) is 6.76. The molecule has 0 heterocycles. The molecule has 1 saturated carbocycles. The van der Waals surface area contributed by atoms with Gasteiger partial charge in [0.05, 0.1) is 6.04 Å². The van der Waals surface area contributed by atoms with Crippen LogP contribution in [-0.2, 0) is 0 Å². The number of rotatable bonds is 1. The molecule has 1 unspecified atom stereocenters. The molecule has 0 amide bonds. The van der Waals surface area contributed by atoms with E-state index in [1.165, 1.54) is 0 Å². The van der Waals surface area contributed by atoms with Crippen molar-refractivity contribution in [2.45, 2.75) is 38.1 Å². The molecule has 1 atom stereocenters. The quantitative estimate of drug-likeness (QED) is 0.481. The summed E-state index contributed by atoms with van der Waals surface area (Å²) in [4.78, 5) is 10.0. The van der Waals surface area contributed by atoms with Crippen molar-refractivity contribution in [1.29, 1.82) is 0 Å². The molecule has 1 aliphatic carbocycles. The fourth-order valence-electron chi connectivity index (χ4n) is 0.923. The third-order valence-corrected chi connectivity index (χ3v) is 1.42. The van der Waals surface area contributed by atoms with Crippen molar-refractivity contribution in [1.82, 2.24) is 0 Å². The first-order valence-electron chi connectivity index (χ1n) is 3.96. The van der Waals surface area contributed by atoms with Crippen molar-refractivity contribution in [3.8, 4) is 0 Å². The molecule has 0 aromatic heterocycles. The van der Waals surface area contributed by atoms with Crippen LogP contribution < -0.4 is 0 Å². The highest BCUT2D eigenvalue weighted by Gasteiger charge is 2.11. The number of hydrogen-bond acceptors (Lipinski definition) is 2. The summed E-state index contributed by atoms with van der Waals surface area (Å²) in [7, 11) is 0. The van der Waals surface area contributed by atoms with Crippen LogP contribution in [0, 0.1) is 4.91 Å². The zero-order valence-corrected chi connectivity index (χ0v) is 4.76. The molecule has 2 heteroatoms. The van der Waals surface area contributed by atoms with Gasteiger partial charge in [-0.2, -0.15) is 4.91 Å². The molecule has 0 aliphatic heterocycles. The Hall–Kier alpha value is -0.400. The normalized spacial score (nSPS) is 39.8. The second-order valence-electron chi connectivity index (χ2n) is 2.11. The summed E-state index contributed by atoms with van der Waals surface area (Å²) in [5.41, 5.74) is 0. The molecule has 46 valence electrons. The predicted molar refractivity (Wildman–Crippen MR) is 32.7 cm³/mol. The second kappa shape index (κ2) is 2.80. The van der Waals surface area contributed by atoms with E-state index in [0.29, 0.717) is 12.8 Å². The molecule has 0 spiro atoms. The van der Waals surface area contributed by atoms with Crippen LogP contribution >= 0.6 is 0 Å². The molecular formula is C6H11NO. The highest BCUT2D eigenvalue weighted by Crippen LogP contribution is 2.19. The van der Waals surface area contributed by atoms with Gasteiger partial charge in [-0.25, -0.2) is 0 Å². The van der Waals surface area contributed by atoms with E-state index in [4.69, 9.17) is 2.74 Å². The van der Waals surface area contributed by atoms with Crippen LogP contribution in [-0.4, -0.2) is 6.04 Å². The van der Waals surface area contributed by atoms with Gasteiger partial charge < -0.3 is 0 Å². The SMILES string of the molecule is [2H]C1([2H])CCCC(N=O)C1. The van der Waals surface area contributed by atoms with Gasteiger partial charge in [0.1, 0.15) is 0 Å². The Balaban J connectivity index is 2.47. The van der Waals surface area contributed by atoms with Crippen molar-refractivity contribution in [2.24, 2.45) is 5.18 Å². The average Bonchev–Trinajstić information content (AvgIpc) is 1.86. The summed E-state index contributed by atoms with van der Waals surface area (Å²) < 4.78 is 14.7. The van der Waals surface area contributed by atoms with E-state index in [1.54, 1.807) is 0 Å². The van der Waals surface area contributed by atoms with Gasteiger partial charge in [0.15, 0.2) is 0 Å². The van der Waals surface area contributed by atoms with Gasteiger partial charge in [-0.1, -0.05) is 24.4 Å². The van der Waals surface area contributed by atoms with E-state index >= 15 is 0 Å². The second-order valence-corrected chi connectivity index (χ2v) is 2.11. The maximum atomic E-state index is 10.0. The van der Waals surface area contributed by atoms with Crippen LogP contribution in [0.2, 0.25) is 0 Å². The first-order chi connectivity index (χ1) is 4.64.